The summed E-state index contributed by atoms with van der Waals surface area (Å²) in [4.78, 5) is 7.19. The summed E-state index contributed by atoms with van der Waals surface area (Å²) in [6.45, 7) is 32.0. The zero-order valence-corrected chi connectivity index (χ0v) is 26.7. The van der Waals surface area contributed by atoms with Crippen LogP contribution in [0.4, 0.5) is 0 Å². The standard InChI is InChI=1S/2C6H11NOS2.2C6H15N/c2*1-6(2)7(5(9)10)3-4-8-6;2*1-4-7(5-2)6-3/h2*3-4H2,1-2H3,(H,9,10);2*4-6H2,1-3H3. The van der Waals surface area contributed by atoms with Crippen molar-refractivity contribution in [2.24, 2.45) is 0 Å². The molecule has 2 aliphatic rings. The SMILES string of the molecule is CC1(C)OCCN1C(=S)[S-].CC1(C)OCCN1C(=S)[S-].CC[NH+](CC)CC.CC[NH+](CC)CC. The van der Waals surface area contributed by atoms with Crippen LogP contribution >= 0.6 is 24.4 Å². The predicted molar refractivity (Wildman–Crippen MR) is 159 cm³/mol. The molecule has 2 fully saturated rings. The molecule has 0 aromatic heterocycles. The second-order valence-electron chi connectivity index (χ2n) is 9.05. The lowest BCUT2D eigenvalue weighted by molar-refractivity contribution is -0.894. The van der Waals surface area contributed by atoms with Gasteiger partial charge in [-0.25, -0.2) is 0 Å². The summed E-state index contributed by atoms with van der Waals surface area (Å²) < 4.78 is 11.8. The van der Waals surface area contributed by atoms with Gasteiger partial charge in [0.1, 0.15) is 11.4 Å². The Morgan fingerprint density at radius 3 is 0.941 bits per heavy atom. The van der Waals surface area contributed by atoms with Crippen LogP contribution in [0.1, 0.15) is 69.2 Å². The average molecular weight is 557 g/mol. The average Bonchev–Trinajstić information content (AvgIpc) is 3.32. The monoisotopic (exact) mass is 556 g/mol. The molecule has 2 rings (SSSR count). The molecule has 0 spiro atoms. The molecule has 0 bridgehead atoms. The van der Waals surface area contributed by atoms with Gasteiger partial charge in [0, 0.05) is 13.1 Å². The molecule has 0 saturated carbocycles. The Hall–Kier alpha value is 0.0600. The third-order valence-electron chi connectivity index (χ3n) is 6.28. The summed E-state index contributed by atoms with van der Waals surface area (Å²) >= 11 is 19.5. The van der Waals surface area contributed by atoms with Gasteiger partial charge in [0.2, 0.25) is 0 Å². The van der Waals surface area contributed by atoms with Crippen LogP contribution in [0.2, 0.25) is 0 Å². The normalized spacial score (nSPS) is 17.9. The third kappa shape index (κ3) is 14.6. The number of nitrogens with zero attached hydrogens (tertiary/aromatic N) is 2. The summed E-state index contributed by atoms with van der Waals surface area (Å²) in [5.74, 6) is 0. The van der Waals surface area contributed by atoms with Crippen LogP contribution in [0.15, 0.2) is 0 Å². The smallest absolute Gasteiger partial charge is 0.134 e. The Kier molecular flexibility index (Phi) is 20.5. The molecular weight excluding hydrogens is 505 g/mol. The molecular formula is C24H52N4O2S4. The van der Waals surface area contributed by atoms with Crippen molar-refractivity contribution in [3.05, 3.63) is 0 Å². The fraction of sp³-hybridized carbons (Fsp3) is 0.917. The van der Waals surface area contributed by atoms with E-state index in [-0.39, 0.29) is 11.4 Å². The van der Waals surface area contributed by atoms with E-state index in [1.54, 1.807) is 9.80 Å². The molecule has 0 amide bonds. The van der Waals surface area contributed by atoms with Crippen molar-refractivity contribution in [1.29, 1.82) is 0 Å². The van der Waals surface area contributed by atoms with Gasteiger partial charge in [-0.3, -0.25) is 0 Å². The van der Waals surface area contributed by atoms with Crippen molar-refractivity contribution >= 4 is 58.3 Å². The molecule has 2 aliphatic heterocycles. The number of thiocarbonyl (C=S) groups is 2. The zero-order valence-electron chi connectivity index (χ0n) is 23.4. The Morgan fingerprint density at radius 2 is 0.882 bits per heavy atom. The van der Waals surface area contributed by atoms with Crippen LogP contribution < -0.4 is 9.80 Å². The van der Waals surface area contributed by atoms with Crippen molar-refractivity contribution in [1.82, 2.24) is 9.80 Å². The molecule has 2 N–H and O–H groups in total. The molecule has 2 saturated heterocycles. The summed E-state index contributed by atoms with van der Waals surface area (Å²) in [5.41, 5.74) is -0.558. The van der Waals surface area contributed by atoms with Gasteiger partial charge in [-0.05, 0) is 69.2 Å². The zero-order chi connectivity index (χ0) is 26.9. The van der Waals surface area contributed by atoms with Gasteiger partial charge in [-0.2, -0.15) is 0 Å². The van der Waals surface area contributed by atoms with E-state index in [1.165, 1.54) is 39.3 Å². The topological polar surface area (TPSA) is 33.8 Å². The number of rotatable bonds is 6. The Bertz CT molecular complexity index is 498. The van der Waals surface area contributed by atoms with Crippen LogP contribution in [-0.2, 0) is 34.7 Å². The minimum atomic E-state index is -0.279. The van der Waals surface area contributed by atoms with Crippen LogP contribution in [0.5, 0.6) is 0 Å². The van der Waals surface area contributed by atoms with E-state index < -0.39 is 0 Å². The maximum absolute atomic E-state index is 5.39. The molecule has 10 heteroatoms. The minimum absolute atomic E-state index is 0.279. The summed E-state index contributed by atoms with van der Waals surface area (Å²) in [6.07, 6.45) is 0. The van der Waals surface area contributed by atoms with Crippen LogP contribution in [-0.4, -0.2) is 95.5 Å². The van der Waals surface area contributed by atoms with Gasteiger partial charge in [-0.1, -0.05) is 8.64 Å². The van der Waals surface area contributed by atoms with Gasteiger partial charge < -0.3 is 78.8 Å². The summed E-state index contributed by atoms with van der Waals surface area (Å²) in [5, 5.41) is 0. The number of nitrogens with one attached hydrogen (secondary N) is 2. The third-order valence-corrected chi connectivity index (χ3v) is 7.16. The maximum Gasteiger partial charge on any atom is 0.134 e. The van der Waals surface area contributed by atoms with Gasteiger partial charge in [0.05, 0.1) is 52.5 Å². The number of hydrogen-bond acceptors (Lipinski definition) is 6. The van der Waals surface area contributed by atoms with Crippen molar-refractivity contribution in [3.8, 4) is 0 Å². The van der Waals surface area contributed by atoms with E-state index in [4.69, 9.17) is 59.2 Å². The molecule has 34 heavy (non-hydrogen) atoms. The lowest BCUT2D eigenvalue weighted by Crippen LogP contribution is -3.11. The molecule has 0 aromatic rings. The van der Waals surface area contributed by atoms with E-state index >= 15 is 0 Å². The van der Waals surface area contributed by atoms with Gasteiger partial charge in [-0.15, -0.1) is 0 Å². The summed E-state index contributed by atoms with van der Waals surface area (Å²) in [7, 11) is 0. The number of hydrogen-bond donors (Lipinski definition) is 2. The molecule has 0 aliphatic carbocycles. The largest absolute Gasteiger partial charge is 0.411 e. The van der Waals surface area contributed by atoms with E-state index in [0.29, 0.717) is 8.64 Å². The fourth-order valence-electron chi connectivity index (χ4n) is 3.59. The minimum Gasteiger partial charge on any atom is -0.411 e. The Labute approximate surface area is 232 Å². The number of ether oxygens (including phenoxy) is 2. The molecule has 0 unspecified atom stereocenters. The van der Waals surface area contributed by atoms with Gasteiger partial charge >= 0.3 is 0 Å². The highest BCUT2D eigenvalue weighted by Gasteiger charge is 2.31. The molecule has 204 valence electrons. The second-order valence-corrected chi connectivity index (χ2v) is 11.1. The van der Waals surface area contributed by atoms with Crippen LogP contribution in [0.25, 0.3) is 0 Å². The lowest BCUT2D eigenvalue weighted by Gasteiger charge is -2.34. The van der Waals surface area contributed by atoms with Crippen LogP contribution in [0.3, 0.4) is 0 Å². The second kappa shape index (κ2) is 19.2. The first-order valence-corrected chi connectivity index (χ1v) is 14.3. The molecule has 0 radical (unpaired) electrons. The highest BCUT2D eigenvalue weighted by atomic mass is 32.1. The van der Waals surface area contributed by atoms with E-state index in [2.05, 4.69) is 41.5 Å². The van der Waals surface area contributed by atoms with E-state index in [1.807, 2.05) is 37.5 Å². The van der Waals surface area contributed by atoms with Gasteiger partial charge in [0.25, 0.3) is 0 Å². The first kappa shape index (κ1) is 36.2. The number of quaternary nitrogens is 2. The first-order valence-electron chi connectivity index (χ1n) is 12.7. The highest BCUT2D eigenvalue weighted by Crippen LogP contribution is 2.22. The molecule has 0 atom stereocenters. The predicted octanol–water partition coefficient (Wildman–Crippen LogP) is 1.64. The van der Waals surface area contributed by atoms with Crippen molar-refractivity contribution in [3.63, 3.8) is 0 Å². The highest BCUT2D eigenvalue weighted by molar-refractivity contribution is 8.00. The fourth-order valence-corrected chi connectivity index (χ4v) is 4.83. The quantitative estimate of drug-likeness (QED) is 0.378. The molecule has 6 nitrogen and oxygen atoms in total. The Balaban J connectivity index is 0. The van der Waals surface area contributed by atoms with Gasteiger partial charge in [0.15, 0.2) is 0 Å². The van der Waals surface area contributed by atoms with Crippen molar-refractivity contribution in [2.45, 2.75) is 80.7 Å². The van der Waals surface area contributed by atoms with E-state index in [9.17, 15) is 0 Å². The molecule has 0 aromatic carbocycles. The molecule has 2 heterocycles. The van der Waals surface area contributed by atoms with Crippen LogP contribution in [0, 0.1) is 0 Å². The van der Waals surface area contributed by atoms with Crippen molar-refractivity contribution in [2.75, 3.05) is 65.6 Å². The van der Waals surface area contributed by atoms with Crippen molar-refractivity contribution < 1.29 is 19.3 Å². The Morgan fingerprint density at radius 1 is 0.647 bits per heavy atom. The van der Waals surface area contributed by atoms with E-state index in [0.717, 1.165) is 26.3 Å². The summed E-state index contributed by atoms with van der Waals surface area (Å²) in [6, 6.07) is 0. The maximum atomic E-state index is 5.39. The lowest BCUT2D eigenvalue weighted by atomic mass is 10.3. The first-order chi connectivity index (χ1) is 15.8.